The second-order valence-electron chi connectivity index (χ2n) is 5.10. The number of rotatable bonds is 3. The number of hydrogen-bond donors (Lipinski definition) is 2. The Bertz CT molecular complexity index is 535. The predicted octanol–water partition coefficient (Wildman–Crippen LogP) is 2.17. The van der Waals surface area contributed by atoms with E-state index in [4.69, 9.17) is 5.73 Å². The molecule has 0 radical (unpaired) electrons. The van der Waals surface area contributed by atoms with Gasteiger partial charge in [-0.2, -0.15) is 10.2 Å². The number of nitrogens with one attached hydrogen (secondary N) is 1. The maximum Gasteiger partial charge on any atom is 0.0950 e. The van der Waals surface area contributed by atoms with E-state index in [9.17, 15) is 0 Å². The van der Waals surface area contributed by atoms with Gasteiger partial charge in [0.15, 0.2) is 0 Å². The summed E-state index contributed by atoms with van der Waals surface area (Å²) in [6, 6.07) is 8.47. The average molecular weight is 242 g/mol. The summed E-state index contributed by atoms with van der Waals surface area (Å²) in [5.41, 5.74) is 7.94. The third kappa shape index (κ3) is 2.29. The summed E-state index contributed by atoms with van der Waals surface area (Å²) in [6.45, 7) is 0.976. The lowest BCUT2D eigenvalue weighted by Gasteiger charge is -2.13. The van der Waals surface area contributed by atoms with Crippen molar-refractivity contribution in [1.29, 1.82) is 0 Å². The molecule has 1 aliphatic carbocycles. The maximum atomic E-state index is 5.93. The average Bonchev–Trinajstić information content (AvgIpc) is 2.82. The zero-order valence-electron chi connectivity index (χ0n) is 10.3. The topological polar surface area (TPSA) is 63.8 Å². The Morgan fingerprint density at radius 2 is 2.17 bits per heavy atom. The fourth-order valence-electron chi connectivity index (χ4n) is 2.70. The largest absolute Gasteiger partial charge is 0.383 e. The third-order valence-corrected chi connectivity index (χ3v) is 3.71. The SMILES string of the molecule is NC1CCC(CNc2cnnc3ccccc23)C1. The van der Waals surface area contributed by atoms with Gasteiger partial charge in [0.1, 0.15) is 0 Å². The van der Waals surface area contributed by atoms with Crippen LogP contribution < -0.4 is 11.1 Å². The van der Waals surface area contributed by atoms with Gasteiger partial charge in [0, 0.05) is 18.0 Å². The molecule has 1 fully saturated rings. The lowest BCUT2D eigenvalue weighted by Crippen LogP contribution is -2.17. The number of aromatic nitrogens is 2. The van der Waals surface area contributed by atoms with Gasteiger partial charge < -0.3 is 11.1 Å². The highest BCUT2D eigenvalue weighted by atomic mass is 15.1. The van der Waals surface area contributed by atoms with Crippen LogP contribution >= 0.6 is 0 Å². The molecule has 4 heteroatoms. The highest BCUT2D eigenvalue weighted by molar-refractivity contribution is 5.90. The van der Waals surface area contributed by atoms with E-state index in [0.29, 0.717) is 12.0 Å². The van der Waals surface area contributed by atoms with Crippen LogP contribution in [0.2, 0.25) is 0 Å². The van der Waals surface area contributed by atoms with Crippen LogP contribution in [-0.2, 0) is 0 Å². The van der Waals surface area contributed by atoms with Crippen molar-refractivity contribution in [3.05, 3.63) is 30.5 Å². The molecule has 94 valence electrons. The van der Waals surface area contributed by atoms with Gasteiger partial charge in [0.2, 0.25) is 0 Å². The fourth-order valence-corrected chi connectivity index (χ4v) is 2.70. The van der Waals surface area contributed by atoms with Crippen LogP contribution in [0.3, 0.4) is 0 Å². The molecule has 0 spiro atoms. The number of benzene rings is 1. The maximum absolute atomic E-state index is 5.93. The Balaban J connectivity index is 1.74. The predicted molar refractivity (Wildman–Crippen MR) is 73.3 cm³/mol. The number of fused-ring (bicyclic) bond motifs is 1. The van der Waals surface area contributed by atoms with Crippen molar-refractivity contribution in [1.82, 2.24) is 10.2 Å². The molecule has 1 saturated carbocycles. The van der Waals surface area contributed by atoms with E-state index in [1.807, 2.05) is 18.2 Å². The second kappa shape index (κ2) is 4.90. The molecule has 1 heterocycles. The van der Waals surface area contributed by atoms with Crippen LogP contribution in [0.25, 0.3) is 10.9 Å². The van der Waals surface area contributed by atoms with Gasteiger partial charge in [0.05, 0.1) is 17.4 Å². The summed E-state index contributed by atoms with van der Waals surface area (Å²) in [5.74, 6) is 0.687. The zero-order valence-corrected chi connectivity index (χ0v) is 10.3. The summed E-state index contributed by atoms with van der Waals surface area (Å²) in [6.07, 6.45) is 5.31. The van der Waals surface area contributed by atoms with Crippen molar-refractivity contribution < 1.29 is 0 Å². The normalized spacial score (nSPS) is 23.4. The van der Waals surface area contributed by atoms with Crippen LogP contribution in [0.1, 0.15) is 19.3 Å². The van der Waals surface area contributed by atoms with Gasteiger partial charge in [-0.05, 0) is 31.2 Å². The minimum absolute atomic E-state index is 0.393. The monoisotopic (exact) mass is 242 g/mol. The van der Waals surface area contributed by atoms with E-state index in [-0.39, 0.29) is 0 Å². The van der Waals surface area contributed by atoms with Crippen molar-refractivity contribution in [3.63, 3.8) is 0 Å². The van der Waals surface area contributed by atoms with Gasteiger partial charge in [0.25, 0.3) is 0 Å². The summed E-state index contributed by atoms with van der Waals surface area (Å²) < 4.78 is 0. The zero-order chi connectivity index (χ0) is 12.4. The summed E-state index contributed by atoms with van der Waals surface area (Å²) in [7, 11) is 0. The first kappa shape index (κ1) is 11.4. The quantitative estimate of drug-likeness (QED) is 0.865. The molecule has 3 rings (SSSR count). The van der Waals surface area contributed by atoms with Crippen LogP contribution in [0.5, 0.6) is 0 Å². The molecular formula is C14H18N4. The van der Waals surface area contributed by atoms with Crippen molar-refractivity contribution in [2.24, 2.45) is 11.7 Å². The molecule has 3 N–H and O–H groups in total. The first-order chi connectivity index (χ1) is 8.83. The standard InChI is InChI=1S/C14H18N4/c15-11-6-5-10(7-11)8-16-14-9-17-18-13-4-2-1-3-12(13)14/h1-4,9-11H,5-8,15H2,(H,16,18). The molecule has 1 aromatic heterocycles. The minimum atomic E-state index is 0.393. The van der Waals surface area contributed by atoms with Crippen LogP contribution in [0.4, 0.5) is 5.69 Å². The lowest BCUT2D eigenvalue weighted by atomic mass is 10.1. The molecule has 1 aromatic carbocycles. The molecule has 2 unspecified atom stereocenters. The summed E-state index contributed by atoms with van der Waals surface area (Å²) >= 11 is 0. The van der Waals surface area contributed by atoms with Crippen LogP contribution in [0.15, 0.2) is 30.5 Å². The first-order valence-electron chi connectivity index (χ1n) is 6.53. The lowest BCUT2D eigenvalue weighted by molar-refractivity contribution is 0.566. The number of nitrogens with zero attached hydrogens (tertiary/aromatic N) is 2. The van der Waals surface area contributed by atoms with Crippen molar-refractivity contribution in [2.45, 2.75) is 25.3 Å². The Kier molecular flexibility index (Phi) is 3.11. The third-order valence-electron chi connectivity index (χ3n) is 3.71. The van der Waals surface area contributed by atoms with Crippen LogP contribution in [-0.4, -0.2) is 22.8 Å². The Labute approximate surface area is 107 Å². The van der Waals surface area contributed by atoms with Crippen molar-refractivity contribution >= 4 is 16.6 Å². The molecule has 0 bridgehead atoms. The van der Waals surface area contributed by atoms with Crippen LogP contribution in [0, 0.1) is 5.92 Å². The van der Waals surface area contributed by atoms with Crippen molar-refractivity contribution in [3.8, 4) is 0 Å². The molecule has 18 heavy (non-hydrogen) atoms. The molecule has 1 aliphatic rings. The van der Waals surface area contributed by atoms with E-state index in [1.165, 1.54) is 6.42 Å². The van der Waals surface area contributed by atoms with E-state index in [2.05, 4.69) is 21.6 Å². The van der Waals surface area contributed by atoms with Gasteiger partial charge in [-0.3, -0.25) is 0 Å². The van der Waals surface area contributed by atoms with Gasteiger partial charge in [-0.25, -0.2) is 0 Å². The molecular weight excluding hydrogens is 224 g/mol. The smallest absolute Gasteiger partial charge is 0.0950 e. The Hall–Kier alpha value is -1.68. The summed E-state index contributed by atoms with van der Waals surface area (Å²) in [5, 5.41) is 12.8. The Morgan fingerprint density at radius 1 is 1.28 bits per heavy atom. The second-order valence-corrected chi connectivity index (χ2v) is 5.10. The highest BCUT2D eigenvalue weighted by Gasteiger charge is 2.21. The van der Waals surface area contributed by atoms with E-state index in [1.54, 1.807) is 6.20 Å². The minimum Gasteiger partial charge on any atom is -0.383 e. The summed E-state index contributed by atoms with van der Waals surface area (Å²) in [4.78, 5) is 0. The molecule has 0 saturated heterocycles. The van der Waals surface area contributed by atoms with E-state index >= 15 is 0 Å². The van der Waals surface area contributed by atoms with Crippen molar-refractivity contribution in [2.75, 3.05) is 11.9 Å². The van der Waals surface area contributed by atoms with Gasteiger partial charge >= 0.3 is 0 Å². The van der Waals surface area contributed by atoms with E-state index < -0.39 is 0 Å². The van der Waals surface area contributed by atoms with E-state index in [0.717, 1.165) is 36.0 Å². The highest BCUT2D eigenvalue weighted by Crippen LogP contribution is 2.26. The number of nitrogens with two attached hydrogens (primary N) is 1. The molecule has 2 atom stereocenters. The first-order valence-corrected chi connectivity index (χ1v) is 6.53. The van der Waals surface area contributed by atoms with Gasteiger partial charge in [-0.1, -0.05) is 18.2 Å². The number of hydrogen-bond acceptors (Lipinski definition) is 4. The molecule has 0 amide bonds. The van der Waals surface area contributed by atoms with Gasteiger partial charge in [-0.15, -0.1) is 0 Å². The molecule has 4 nitrogen and oxygen atoms in total. The molecule has 2 aromatic rings. The Morgan fingerprint density at radius 3 is 3.00 bits per heavy atom. The molecule has 0 aliphatic heterocycles. The number of anilines is 1. The fraction of sp³-hybridized carbons (Fsp3) is 0.429.